The van der Waals surface area contributed by atoms with Crippen molar-refractivity contribution in [2.24, 2.45) is 5.92 Å². The molecule has 2 N–H and O–H groups in total. The van der Waals surface area contributed by atoms with Gasteiger partial charge in [-0.25, -0.2) is 0 Å². The van der Waals surface area contributed by atoms with E-state index < -0.39 is 12.1 Å². The Morgan fingerprint density at radius 3 is 1.94 bits per heavy atom. The molecular weight excluding hydrogens is 228 g/mol. The normalized spacial score (nSPS) is 14.4. The Hall–Kier alpha value is -0.570. The van der Waals surface area contributed by atoms with Crippen LogP contribution in [-0.2, 0) is 4.79 Å². The molecule has 0 aromatic heterocycles. The van der Waals surface area contributed by atoms with Crippen molar-refractivity contribution in [2.45, 2.75) is 84.2 Å². The minimum absolute atomic E-state index is 0.370. The summed E-state index contributed by atoms with van der Waals surface area (Å²) < 4.78 is 0. The largest absolute Gasteiger partial charge is 0.481 e. The van der Waals surface area contributed by atoms with Gasteiger partial charge in [-0.2, -0.15) is 0 Å². The molecule has 0 saturated carbocycles. The second kappa shape index (κ2) is 11.5. The molecule has 0 saturated heterocycles. The maximum absolute atomic E-state index is 11.0. The number of carbonyl (C=O) groups is 1. The highest BCUT2D eigenvalue weighted by molar-refractivity contribution is 5.69. The van der Waals surface area contributed by atoms with E-state index in [1.807, 2.05) is 0 Å². The summed E-state index contributed by atoms with van der Waals surface area (Å²) >= 11 is 0. The molecule has 3 heteroatoms. The van der Waals surface area contributed by atoms with Crippen LogP contribution in [0.4, 0.5) is 0 Å². The van der Waals surface area contributed by atoms with Crippen molar-refractivity contribution < 1.29 is 15.0 Å². The lowest BCUT2D eigenvalue weighted by Crippen LogP contribution is -2.19. The van der Waals surface area contributed by atoms with Crippen molar-refractivity contribution in [3.05, 3.63) is 0 Å². The molecule has 18 heavy (non-hydrogen) atoms. The van der Waals surface area contributed by atoms with Crippen LogP contribution >= 0.6 is 0 Å². The van der Waals surface area contributed by atoms with Gasteiger partial charge in [0.2, 0.25) is 0 Å². The van der Waals surface area contributed by atoms with Crippen LogP contribution in [0.25, 0.3) is 0 Å². The number of aliphatic carboxylic acids is 1. The van der Waals surface area contributed by atoms with Crippen LogP contribution in [0.5, 0.6) is 0 Å². The summed E-state index contributed by atoms with van der Waals surface area (Å²) in [5, 5.41) is 18.2. The predicted octanol–water partition coefficient (Wildman–Crippen LogP) is 3.99. The SMILES string of the molecule is CCCCCCCCCCC(CC(C)O)C(=O)O. The molecule has 0 heterocycles. The van der Waals surface area contributed by atoms with Crippen molar-refractivity contribution in [3.63, 3.8) is 0 Å². The number of hydrogen-bond acceptors (Lipinski definition) is 2. The summed E-state index contributed by atoms with van der Waals surface area (Å²) in [6.07, 6.45) is 10.4. The van der Waals surface area contributed by atoms with Gasteiger partial charge in [-0.05, 0) is 19.8 Å². The molecule has 2 unspecified atom stereocenters. The number of carboxylic acids is 1. The Bertz CT molecular complexity index is 202. The van der Waals surface area contributed by atoms with Crippen molar-refractivity contribution in [1.82, 2.24) is 0 Å². The van der Waals surface area contributed by atoms with Crippen LogP contribution in [0, 0.1) is 5.92 Å². The van der Waals surface area contributed by atoms with Crippen LogP contribution < -0.4 is 0 Å². The van der Waals surface area contributed by atoms with Gasteiger partial charge >= 0.3 is 5.97 Å². The summed E-state index contributed by atoms with van der Waals surface area (Å²) in [7, 11) is 0. The minimum atomic E-state index is -0.765. The van der Waals surface area contributed by atoms with Crippen molar-refractivity contribution in [2.75, 3.05) is 0 Å². The standard InChI is InChI=1S/C15H30O3/c1-3-4-5-6-7-8-9-10-11-14(15(17)18)12-13(2)16/h13-14,16H,3-12H2,1-2H3,(H,17,18). The summed E-state index contributed by atoms with van der Waals surface area (Å²) in [6, 6.07) is 0. The van der Waals surface area contributed by atoms with Crippen molar-refractivity contribution >= 4 is 5.97 Å². The van der Waals surface area contributed by atoms with E-state index in [0.29, 0.717) is 12.8 Å². The van der Waals surface area contributed by atoms with Crippen LogP contribution in [-0.4, -0.2) is 22.3 Å². The van der Waals surface area contributed by atoms with Gasteiger partial charge in [0.1, 0.15) is 0 Å². The fourth-order valence-electron chi connectivity index (χ4n) is 2.28. The zero-order valence-electron chi connectivity index (χ0n) is 12.0. The Morgan fingerprint density at radius 2 is 1.50 bits per heavy atom. The van der Waals surface area contributed by atoms with Gasteiger partial charge < -0.3 is 10.2 Å². The molecule has 0 spiro atoms. The van der Waals surface area contributed by atoms with E-state index in [1.54, 1.807) is 6.92 Å². The monoisotopic (exact) mass is 258 g/mol. The van der Waals surface area contributed by atoms with Gasteiger partial charge in [-0.3, -0.25) is 4.79 Å². The highest BCUT2D eigenvalue weighted by atomic mass is 16.4. The third-order valence-corrected chi connectivity index (χ3v) is 3.38. The van der Waals surface area contributed by atoms with Crippen LogP contribution in [0.1, 0.15) is 78.1 Å². The molecule has 0 aromatic rings. The molecule has 0 radical (unpaired) electrons. The van der Waals surface area contributed by atoms with Gasteiger partial charge in [0, 0.05) is 0 Å². The Morgan fingerprint density at radius 1 is 1.00 bits per heavy atom. The Labute approximate surface area is 112 Å². The van der Waals surface area contributed by atoms with E-state index >= 15 is 0 Å². The Balaban J connectivity index is 3.47. The van der Waals surface area contributed by atoms with E-state index in [4.69, 9.17) is 5.11 Å². The fraction of sp³-hybridized carbons (Fsp3) is 0.933. The lowest BCUT2D eigenvalue weighted by Gasteiger charge is -2.13. The second-order valence-electron chi connectivity index (χ2n) is 5.38. The number of rotatable bonds is 12. The van der Waals surface area contributed by atoms with Crippen molar-refractivity contribution in [3.8, 4) is 0 Å². The zero-order chi connectivity index (χ0) is 13.8. The molecule has 0 amide bonds. The summed E-state index contributed by atoms with van der Waals surface area (Å²) in [5.74, 6) is -1.14. The Kier molecular flexibility index (Phi) is 11.2. The molecular formula is C15H30O3. The molecule has 0 aliphatic rings. The van der Waals surface area contributed by atoms with Crippen LogP contribution in [0.2, 0.25) is 0 Å². The number of carboxylic acid groups (broad SMARTS) is 1. The second-order valence-corrected chi connectivity index (χ2v) is 5.38. The number of hydrogen-bond donors (Lipinski definition) is 2. The minimum Gasteiger partial charge on any atom is -0.481 e. The molecule has 2 atom stereocenters. The number of unbranched alkanes of at least 4 members (excludes halogenated alkanes) is 7. The molecule has 0 bridgehead atoms. The van der Waals surface area contributed by atoms with E-state index in [-0.39, 0.29) is 5.92 Å². The van der Waals surface area contributed by atoms with Gasteiger partial charge in [-0.1, -0.05) is 58.3 Å². The van der Waals surface area contributed by atoms with E-state index in [0.717, 1.165) is 12.8 Å². The highest BCUT2D eigenvalue weighted by Crippen LogP contribution is 2.17. The molecule has 0 aliphatic carbocycles. The third-order valence-electron chi connectivity index (χ3n) is 3.38. The summed E-state index contributed by atoms with van der Waals surface area (Å²) in [4.78, 5) is 11.0. The van der Waals surface area contributed by atoms with E-state index in [2.05, 4.69) is 6.92 Å². The first-order chi connectivity index (χ1) is 8.57. The average molecular weight is 258 g/mol. The summed E-state index contributed by atoms with van der Waals surface area (Å²) in [6.45, 7) is 3.87. The fourth-order valence-corrected chi connectivity index (χ4v) is 2.28. The van der Waals surface area contributed by atoms with E-state index in [9.17, 15) is 9.90 Å². The predicted molar refractivity (Wildman–Crippen MR) is 74.7 cm³/mol. The van der Waals surface area contributed by atoms with Crippen molar-refractivity contribution in [1.29, 1.82) is 0 Å². The first kappa shape index (κ1) is 17.4. The smallest absolute Gasteiger partial charge is 0.306 e. The number of aliphatic hydroxyl groups is 1. The summed E-state index contributed by atoms with van der Waals surface area (Å²) in [5.41, 5.74) is 0. The lowest BCUT2D eigenvalue weighted by atomic mass is 9.95. The topological polar surface area (TPSA) is 57.5 Å². The number of aliphatic hydroxyl groups excluding tert-OH is 1. The van der Waals surface area contributed by atoms with Crippen LogP contribution in [0.3, 0.4) is 0 Å². The molecule has 0 rings (SSSR count). The molecule has 108 valence electrons. The quantitative estimate of drug-likeness (QED) is 0.520. The first-order valence-corrected chi connectivity index (χ1v) is 7.48. The molecule has 3 nitrogen and oxygen atoms in total. The molecule has 0 aliphatic heterocycles. The van der Waals surface area contributed by atoms with Gasteiger partial charge in [0.25, 0.3) is 0 Å². The highest BCUT2D eigenvalue weighted by Gasteiger charge is 2.18. The maximum atomic E-state index is 11.0. The van der Waals surface area contributed by atoms with Gasteiger partial charge in [0.05, 0.1) is 12.0 Å². The molecule has 0 aromatic carbocycles. The molecule has 0 fully saturated rings. The van der Waals surface area contributed by atoms with Gasteiger partial charge in [0.15, 0.2) is 0 Å². The van der Waals surface area contributed by atoms with Gasteiger partial charge in [-0.15, -0.1) is 0 Å². The third kappa shape index (κ3) is 10.6. The zero-order valence-corrected chi connectivity index (χ0v) is 12.0. The lowest BCUT2D eigenvalue weighted by molar-refractivity contribution is -0.143. The van der Waals surface area contributed by atoms with E-state index in [1.165, 1.54) is 38.5 Å². The average Bonchev–Trinajstić information content (AvgIpc) is 2.30. The maximum Gasteiger partial charge on any atom is 0.306 e. The van der Waals surface area contributed by atoms with Crippen LogP contribution in [0.15, 0.2) is 0 Å². The first-order valence-electron chi connectivity index (χ1n) is 7.48.